The number of aliphatic hydroxyl groups excluding tert-OH is 1. The SMILES string of the molecule is CN(Cc1cc(C#CCO)cs1)C1CCCCCC1. The molecule has 1 aliphatic rings. The molecule has 0 unspecified atom stereocenters. The predicted molar refractivity (Wildman–Crippen MR) is 81.2 cm³/mol. The van der Waals surface area contributed by atoms with Crippen LogP contribution in [0.2, 0.25) is 0 Å². The topological polar surface area (TPSA) is 23.5 Å². The molecule has 0 spiro atoms. The molecular formula is C16H23NOS. The van der Waals surface area contributed by atoms with E-state index in [-0.39, 0.29) is 6.61 Å². The van der Waals surface area contributed by atoms with Gasteiger partial charge >= 0.3 is 0 Å². The highest BCUT2D eigenvalue weighted by Crippen LogP contribution is 2.23. The van der Waals surface area contributed by atoms with Crippen molar-refractivity contribution in [3.05, 3.63) is 21.9 Å². The minimum atomic E-state index is -0.0623. The molecule has 0 bridgehead atoms. The van der Waals surface area contributed by atoms with Crippen molar-refractivity contribution in [2.75, 3.05) is 13.7 Å². The quantitative estimate of drug-likeness (QED) is 0.677. The lowest BCUT2D eigenvalue weighted by Gasteiger charge is -2.26. The van der Waals surface area contributed by atoms with Gasteiger partial charge in [-0.2, -0.15) is 0 Å². The average molecular weight is 277 g/mol. The van der Waals surface area contributed by atoms with Gasteiger partial charge in [-0.1, -0.05) is 37.5 Å². The minimum Gasteiger partial charge on any atom is -0.384 e. The molecule has 1 heterocycles. The van der Waals surface area contributed by atoms with E-state index in [1.807, 2.05) is 0 Å². The highest BCUT2D eigenvalue weighted by molar-refractivity contribution is 7.10. The van der Waals surface area contributed by atoms with Gasteiger partial charge < -0.3 is 5.11 Å². The first-order valence-electron chi connectivity index (χ1n) is 7.17. The van der Waals surface area contributed by atoms with Crippen molar-refractivity contribution in [2.45, 2.75) is 51.1 Å². The lowest BCUT2D eigenvalue weighted by atomic mass is 10.1. The van der Waals surface area contributed by atoms with Gasteiger partial charge in [0.15, 0.2) is 0 Å². The maximum atomic E-state index is 8.70. The summed E-state index contributed by atoms with van der Waals surface area (Å²) in [5, 5.41) is 10.8. The molecule has 0 aliphatic heterocycles. The van der Waals surface area contributed by atoms with Gasteiger partial charge in [0.1, 0.15) is 6.61 Å². The molecule has 0 atom stereocenters. The van der Waals surface area contributed by atoms with Crippen LogP contribution in [-0.4, -0.2) is 29.7 Å². The van der Waals surface area contributed by atoms with Crippen LogP contribution in [0, 0.1) is 11.8 Å². The molecular weight excluding hydrogens is 254 g/mol. The van der Waals surface area contributed by atoms with E-state index in [1.165, 1.54) is 43.4 Å². The zero-order chi connectivity index (χ0) is 13.5. The Hall–Kier alpha value is -0.820. The largest absolute Gasteiger partial charge is 0.384 e. The van der Waals surface area contributed by atoms with Crippen LogP contribution in [0.4, 0.5) is 0 Å². The first-order chi connectivity index (χ1) is 9.29. The Morgan fingerprint density at radius 2 is 2.05 bits per heavy atom. The van der Waals surface area contributed by atoms with Gasteiger partial charge in [0.2, 0.25) is 0 Å². The maximum Gasteiger partial charge on any atom is 0.104 e. The van der Waals surface area contributed by atoms with Crippen LogP contribution in [0.25, 0.3) is 0 Å². The number of aliphatic hydroxyl groups is 1. The normalized spacial score (nSPS) is 17.0. The molecule has 0 saturated heterocycles. The summed E-state index contributed by atoms with van der Waals surface area (Å²) in [5.74, 6) is 5.67. The van der Waals surface area contributed by atoms with Gasteiger partial charge in [-0.25, -0.2) is 0 Å². The number of hydrogen-bond acceptors (Lipinski definition) is 3. The zero-order valence-corrected chi connectivity index (χ0v) is 12.5. The van der Waals surface area contributed by atoms with E-state index in [0.29, 0.717) is 0 Å². The minimum absolute atomic E-state index is 0.0623. The molecule has 104 valence electrons. The fourth-order valence-corrected chi connectivity index (χ4v) is 3.62. The molecule has 2 nitrogen and oxygen atoms in total. The molecule has 1 N–H and O–H groups in total. The zero-order valence-electron chi connectivity index (χ0n) is 11.7. The summed E-state index contributed by atoms with van der Waals surface area (Å²) in [6.07, 6.45) is 8.27. The lowest BCUT2D eigenvalue weighted by Crippen LogP contribution is -2.30. The Kier molecular flexibility index (Phi) is 5.91. The number of rotatable bonds is 3. The van der Waals surface area contributed by atoms with Crippen molar-refractivity contribution in [3.63, 3.8) is 0 Å². The van der Waals surface area contributed by atoms with Crippen LogP contribution >= 0.6 is 11.3 Å². The second kappa shape index (κ2) is 7.69. The maximum absolute atomic E-state index is 8.70. The van der Waals surface area contributed by atoms with E-state index < -0.39 is 0 Å². The van der Waals surface area contributed by atoms with Crippen LogP contribution in [0.15, 0.2) is 11.4 Å². The van der Waals surface area contributed by atoms with Gasteiger partial charge in [0.05, 0.1) is 0 Å². The van der Waals surface area contributed by atoms with E-state index in [1.54, 1.807) is 11.3 Å². The highest BCUT2D eigenvalue weighted by Gasteiger charge is 2.17. The van der Waals surface area contributed by atoms with Crippen LogP contribution in [-0.2, 0) is 6.54 Å². The molecule has 1 fully saturated rings. The van der Waals surface area contributed by atoms with Crippen molar-refractivity contribution < 1.29 is 5.11 Å². The molecule has 0 radical (unpaired) electrons. The highest BCUT2D eigenvalue weighted by atomic mass is 32.1. The first-order valence-corrected chi connectivity index (χ1v) is 8.05. The summed E-state index contributed by atoms with van der Waals surface area (Å²) in [5.41, 5.74) is 1.03. The van der Waals surface area contributed by atoms with E-state index in [2.05, 4.69) is 35.2 Å². The molecule has 0 amide bonds. The molecule has 19 heavy (non-hydrogen) atoms. The fraction of sp³-hybridized carbons (Fsp3) is 0.625. The standard InChI is InChI=1S/C16H23NOS/c1-17(15-8-4-2-3-5-9-15)12-16-11-14(13-19-16)7-6-10-18/h11,13,15,18H,2-5,8-10,12H2,1H3. The summed E-state index contributed by atoms with van der Waals surface area (Å²) in [7, 11) is 2.24. The molecule has 1 saturated carbocycles. The molecule has 0 aromatic carbocycles. The Morgan fingerprint density at radius 1 is 1.32 bits per heavy atom. The third-order valence-electron chi connectivity index (χ3n) is 3.82. The van der Waals surface area contributed by atoms with Gasteiger partial charge in [-0.05, 0) is 26.0 Å². The van der Waals surface area contributed by atoms with Crippen LogP contribution in [0.3, 0.4) is 0 Å². The second-order valence-corrected chi connectivity index (χ2v) is 6.32. The summed E-state index contributed by atoms with van der Waals surface area (Å²) < 4.78 is 0. The van der Waals surface area contributed by atoms with Crippen LogP contribution < -0.4 is 0 Å². The Morgan fingerprint density at radius 3 is 2.74 bits per heavy atom. The molecule has 2 rings (SSSR count). The van der Waals surface area contributed by atoms with Crippen molar-refractivity contribution in [1.82, 2.24) is 4.90 Å². The lowest BCUT2D eigenvalue weighted by molar-refractivity contribution is 0.215. The van der Waals surface area contributed by atoms with E-state index in [9.17, 15) is 0 Å². The average Bonchev–Trinajstić information content (AvgIpc) is 2.68. The van der Waals surface area contributed by atoms with Crippen molar-refractivity contribution in [3.8, 4) is 11.8 Å². The van der Waals surface area contributed by atoms with Gasteiger partial charge in [-0.15, -0.1) is 11.3 Å². The fourth-order valence-electron chi connectivity index (χ4n) is 2.74. The van der Waals surface area contributed by atoms with Crippen molar-refractivity contribution >= 4 is 11.3 Å². The molecule has 1 aromatic rings. The third kappa shape index (κ3) is 4.65. The summed E-state index contributed by atoms with van der Waals surface area (Å²) in [6, 6.07) is 2.90. The molecule has 3 heteroatoms. The second-order valence-electron chi connectivity index (χ2n) is 5.32. The Balaban J connectivity index is 1.90. The van der Waals surface area contributed by atoms with Crippen molar-refractivity contribution in [1.29, 1.82) is 0 Å². The summed E-state index contributed by atoms with van der Waals surface area (Å²) in [4.78, 5) is 3.87. The third-order valence-corrected chi connectivity index (χ3v) is 4.74. The number of hydrogen-bond donors (Lipinski definition) is 1. The number of nitrogens with zero attached hydrogens (tertiary/aromatic N) is 1. The van der Waals surface area contributed by atoms with Crippen LogP contribution in [0.5, 0.6) is 0 Å². The van der Waals surface area contributed by atoms with Gasteiger partial charge in [-0.3, -0.25) is 4.90 Å². The van der Waals surface area contributed by atoms with Crippen molar-refractivity contribution in [2.24, 2.45) is 0 Å². The summed E-state index contributed by atoms with van der Waals surface area (Å²) in [6.45, 7) is 0.962. The Bertz CT molecular complexity index is 435. The van der Waals surface area contributed by atoms with Crippen LogP contribution in [0.1, 0.15) is 49.0 Å². The summed E-state index contributed by atoms with van der Waals surface area (Å²) >= 11 is 1.77. The van der Waals surface area contributed by atoms with E-state index in [4.69, 9.17) is 5.11 Å². The smallest absolute Gasteiger partial charge is 0.104 e. The monoisotopic (exact) mass is 277 g/mol. The van der Waals surface area contributed by atoms with E-state index in [0.717, 1.165) is 18.2 Å². The molecule has 1 aromatic heterocycles. The first kappa shape index (κ1) is 14.6. The van der Waals surface area contributed by atoms with Gasteiger partial charge in [0, 0.05) is 28.4 Å². The van der Waals surface area contributed by atoms with Gasteiger partial charge in [0.25, 0.3) is 0 Å². The number of thiophene rings is 1. The Labute approximate surface area is 120 Å². The van der Waals surface area contributed by atoms with E-state index >= 15 is 0 Å². The molecule has 1 aliphatic carbocycles. The predicted octanol–water partition coefficient (Wildman–Crippen LogP) is 3.25.